The Hall–Kier alpha value is -0.370. The van der Waals surface area contributed by atoms with Gasteiger partial charge in [0.15, 0.2) is 0 Å². The fourth-order valence-electron chi connectivity index (χ4n) is 4.70. The molecule has 0 aromatic carbocycles. The van der Waals surface area contributed by atoms with E-state index in [0.29, 0.717) is 23.8 Å². The van der Waals surface area contributed by atoms with Crippen molar-refractivity contribution in [3.63, 3.8) is 0 Å². The Morgan fingerprint density at radius 3 is 2.26 bits per heavy atom. The number of hydrogen-bond donors (Lipinski definition) is 0. The first kappa shape index (κ1) is 13.6. The van der Waals surface area contributed by atoms with Crippen molar-refractivity contribution < 1.29 is 4.79 Å². The number of carbonyl (C=O) groups excluding carboxylic acids is 1. The summed E-state index contributed by atoms with van der Waals surface area (Å²) in [6, 6.07) is 1.42. The van der Waals surface area contributed by atoms with E-state index in [0.717, 1.165) is 25.2 Å². The second kappa shape index (κ2) is 5.95. The first-order valence-corrected chi connectivity index (χ1v) is 8.48. The summed E-state index contributed by atoms with van der Waals surface area (Å²) < 4.78 is 0. The Morgan fingerprint density at radius 2 is 1.63 bits per heavy atom. The van der Waals surface area contributed by atoms with Crippen LogP contribution in [0.15, 0.2) is 0 Å². The van der Waals surface area contributed by atoms with Crippen LogP contribution in [-0.4, -0.2) is 29.8 Å². The molecule has 0 spiro atoms. The van der Waals surface area contributed by atoms with E-state index in [1.54, 1.807) is 0 Å². The van der Waals surface area contributed by atoms with E-state index in [4.69, 9.17) is 0 Å². The van der Waals surface area contributed by atoms with Gasteiger partial charge in [0.1, 0.15) is 5.78 Å². The van der Waals surface area contributed by atoms with Crippen LogP contribution in [-0.2, 0) is 4.79 Å². The number of carbonyl (C=O) groups is 1. The predicted molar refractivity (Wildman–Crippen MR) is 78.1 cm³/mol. The molecule has 2 heteroatoms. The minimum Gasteiger partial charge on any atom is -0.300 e. The lowest BCUT2D eigenvalue weighted by Gasteiger charge is -2.35. The van der Waals surface area contributed by atoms with Gasteiger partial charge in [-0.2, -0.15) is 0 Å². The van der Waals surface area contributed by atoms with Gasteiger partial charge in [0.2, 0.25) is 0 Å². The molecule has 2 nitrogen and oxygen atoms in total. The summed E-state index contributed by atoms with van der Waals surface area (Å²) in [5.41, 5.74) is 0. The first-order valence-electron chi connectivity index (χ1n) is 8.48. The molecule has 19 heavy (non-hydrogen) atoms. The predicted octanol–water partition coefficient (Wildman–Crippen LogP) is 3.79. The van der Waals surface area contributed by atoms with Gasteiger partial charge < -0.3 is 4.90 Å². The highest BCUT2D eigenvalue weighted by atomic mass is 16.1. The molecule has 2 unspecified atom stereocenters. The second-order valence-electron chi connectivity index (χ2n) is 7.23. The molecule has 2 aliphatic heterocycles. The first-order chi connectivity index (χ1) is 9.24. The molecule has 0 aromatic heterocycles. The van der Waals surface area contributed by atoms with Crippen LogP contribution in [0.5, 0.6) is 0 Å². The van der Waals surface area contributed by atoms with E-state index in [1.807, 2.05) is 0 Å². The third-order valence-electron chi connectivity index (χ3n) is 6.08. The van der Waals surface area contributed by atoms with Gasteiger partial charge in [-0.1, -0.05) is 32.1 Å². The smallest absolute Gasteiger partial charge is 0.136 e. The highest BCUT2D eigenvalue weighted by molar-refractivity contribution is 5.81. The van der Waals surface area contributed by atoms with Crippen LogP contribution in [0.25, 0.3) is 0 Å². The number of rotatable bonds is 4. The van der Waals surface area contributed by atoms with Crippen LogP contribution < -0.4 is 0 Å². The van der Waals surface area contributed by atoms with Gasteiger partial charge >= 0.3 is 0 Å². The molecule has 3 aliphatic rings. The SMILES string of the molecule is CN1C2CCC1CC(C(=O)CCC1CCCCC1)C2. The van der Waals surface area contributed by atoms with Gasteiger partial charge in [0.25, 0.3) is 0 Å². The number of nitrogens with zero attached hydrogens (tertiary/aromatic N) is 1. The average molecular weight is 263 g/mol. The Morgan fingerprint density at radius 1 is 1.00 bits per heavy atom. The summed E-state index contributed by atoms with van der Waals surface area (Å²) in [6.07, 6.45) is 14.0. The monoisotopic (exact) mass is 263 g/mol. The Balaban J connectivity index is 1.45. The third-order valence-corrected chi connectivity index (χ3v) is 6.08. The summed E-state index contributed by atoms with van der Waals surface area (Å²) in [5.74, 6) is 1.86. The van der Waals surface area contributed by atoms with Crippen molar-refractivity contribution in [3.8, 4) is 0 Å². The van der Waals surface area contributed by atoms with E-state index in [-0.39, 0.29) is 0 Å². The number of hydrogen-bond acceptors (Lipinski definition) is 2. The van der Waals surface area contributed by atoms with Gasteiger partial charge in [-0.05, 0) is 45.1 Å². The molecule has 1 saturated carbocycles. The standard InChI is InChI=1S/C17H29NO/c1-18-15-8-9-16(18)12-14(11-15)17(19)10-7-13-5-3-2-4-6-13/h13-16H,2-12H2,1H3. The zero-order valence-electron chi connectivity index (χ0n) is 12.4. The normalized spacial score (nSPS) is 36.6. The molecule has 108 valence electrons. The number of ketones is 1. The molecule has 3 fully saturated rings. The minimum absolute atomic E-state index is 0.400. The minimum atomic E-state index is 0.400. The van der Waals surface area contributed by atoms with Gasteiger partial charge in [0, 0.05) is 24.4 Å². The van der Waals surface area contributed by atoms with E-state index in [9.17, 15) is 4.79 Å². The maximum absolute atomic E-state index is 12.4. The molecule has 0 N–H and O–H groups in total. The van der Waals surface area contributed by atoms with Crippen molar-refractivity contribution >= 4 is 5.78 Å². The summed E-state index contributed by atoms with van der Waals surface area (Å²) >= 11 is 0. The molecular weight excluding hydrogens is 234 g/mol. The average Bonchev–Trinajstić information content (AvgIpc) is 2.68. The second-order valence-corrected chi connectivity index (χ2v) is 7.23. The molecule has 0 radical (unpaired) electrons. The van der Waals surface area contributed by atoms with E-state index < -0.39 is 0 Å². The zero-order chi connectivity index (χ0) is 13.2. The van der Waals surface area contributed by atoms with Crippen LogP contribution >= 0.6 is 0 Å². The van der Waals surface area contributed by atoms with Gasteiger partial charge in [-0.25, -0.2) is 0 Å². The van der Waals surface area contributed by atoms with Crippen molar-refractivity contribution in [3.05, 3.63) is 0 Å². The lowest BCUT2D eigenvalue weighted by Crippen LogP contribution is -2.42. The Kier molecular flexibility index (Phi) is 4.26. The summed E-state index contributed by atoms with van der Waals surface area (Å²) in [6.45, 7) is 0. The quantitative estimate of drug-likeness (QED) is 0.769. The van der Waals surface area contributed by atoms with Crippen LogP contribution in [0, 0.1) is 11.8 Å². The molecular formula is C17H29NO. The van der Waals surface area contributed by atoms with Crippen molar-refractivity contribution in [1.82, 2.24) is 4.90 Å². The van der Waals surface area contributed by atoms with E-state index in [1.165, 1.54) is 51.4 Å². The van der Waals surface area contributed by atoms with Crippen LogP contribution in [0.4, 0.5) is 0 Å². The molecule has 0 aromatic rings. The molecule has 0 amide bonds. The lowest BCUT2D eigenvalue weighted by molar-refractivity contribution is -0.125. The molecule has 2 saturated heterocycles. The lowest BCUT2D eigenvalue weighted by atomic mass is 9.82. The topological polar surface area (TPSA) is 20.3 Å². The molecule has 2 bridgehead atoms. The van der Waals surface area contributed by atoms with Crippen molar-refractivity contribution in [2.24, 2.45) is 11.8 Å². The summed E-state index contributed by atoms with van der Waals surface area (Å²) in [7, 11) is 2.26. The van der Waals surface area contributed by atoms with E-state index in [2.05, 4.69) is 11.9 Å². The number of fused-ring (bicyclic) bond motifs is 2. The van der Waals surface area contributed by atoms with E-state index >= 15 is 0 Å². The molecule has 1 aliphatic carbocycles. The van der Waals surface area contributed by atoms with Gasteiger partial charge in [-0.3, -0.25) is 4.79 Å². The van der Waals surface area contributed by atoms with Crippen LogP contribution in [0.1, 0.15) is 70.6 Å². The maximum atomic E-state index is 12.4. The highest BCUT2D eigenvalue weighted by Gasteiger charge is 2.40. The number of Topliss-reactive ketones (excluding diaryl/α,β-unsaturated/α-hetero) is 1. The summed E-state index contributed by atoms with van der Waals surface area (Å²) in [4.78, 5) is 15.0. The highest BCUT2D eigenvalue weighted by Crippen LogP contribution is 2.38. The zero-order valence-corrected chi connectivity index (χ0v) is 12.4. The fourth-order valence-corrected chi connectivity index (χ4v) is 4.70. The van der Waals surface area contributed by atoms with Crippen molar-refractivity contribution in [2.75, 3.05) is 7.05 Å². The third kappa shape index (κ3) is 3.04. The van der Waals surface area contributed by atoms with Crippen molar-refractivity contribution in [1.29, 1.82) is 0 Å². The fraction of sp³-hybridized carbons (Fsp3) is 0.941. The van der Waals surface area contributed by atoms with Crippen LogP contribution in [0.2, 0.25) is 0 Å². The molecule has 3 rings (SSSR count). The number of piperidine rings is 1. The largest absolute Gasteiger partial charge is 0.300 e. The molecule has 2 atom stereocenters. The van der Waals surface area contributed by atoms with Crippen molar-refractivity contribution in [2.45, 2.75) is 82.7 Å². The maximum Gasteiger partial charge on any atom is 0.136 e. The Bertz CT molecular complexity index is 307. The Labute approximate surface area is 117 Å². The summed E-state index contributed by atoms with van der Waals surface area (Å²) in [5, 5.41) is 0. The van der Waals surface area contributed by atoms with Crippen LogP contribution in [0.3, 0.4) is 0 Å². The van der Waals surface area contributed by atoms with Gasteiger partial charge in [0.05, 0.1) is 0 Å². The van der Waals surface area contributed by atoms with Gasteiger partial charge in [-0.15, -0.1) is 0 Å². The molecule has 2 heterocycles.